The number of nitrogens with zero attached hydrogens (tertiary/aromatic N) is 2. The molecule has 1 amide bonds. The van der Waals surface area contributed by atoms with E-state index < -0.39 is 0 Å². The van der Waals surface area contributed by atoms with Gasteiger partial charge in [-0.1, -0.05) is 13.8 Å². The fraction of sp³-hybridized carbons (Fsp3) is 0.600. The molecule has 0 unspecified atom stereocenters. The zero-order chi connectivity index (χ0) is 13.9. The zero-order valence-electron chi connectivity index (χ0n) is 12.1. The van der Waals surface area contributed by atoms with Crippen LogP contribution in [0.25, 0.3) is 0 Å². The van der Waals surface area contributed by atoms with Crippen LogP contribution in [-0.2, 0) is 0 Å². The summed E-state index contributed by atoms with van der Waals surface area (Å²) in [6.07, 6.45) is 2.87. The molecule has 19 heavy (non-hydrogen) atoms. The van der Waals surface area contributed by atoms with E-state index in [1.165, 1.54) is 6.42 Å². The first-order chi connectivity index (χ1) is 8.96. The SMILES string of the molecule is Cc1ccc(C(=O)NCCN2CCC(C)(C)C2)cn1. The Bertz CT molecular complexity index is 439. The van der Waals surface area contributed by atoms with E-state index in [-0.39, 0.29) is 5.91 Å². The maximum atomic E-state index is 11.9. The smallest absolute Gasteiger partial charge is 0.252 e. The topological polar surface area (TPSA) is 45.2 Å². The van der Waals surface area contributed by atoms with Crippen molar-refractivity contribution in [1.29, 1.82) is 0 Å². The Balaban J connectivity index is 1.74. The summed E-state index contributed by atoms with van der Waals surface area (Å²) in [6, 6.07) is 3.68. The minimum atomic E-state index is -0.0362. The maximum Gasteiger partial charge on any atom is 0.252 e. The monoisotopic (exact) mass is 261 g/mol. The van der Waals surface area contributed by atoms with Crippen molar-refractivity contribution in [2.75, 3.05) is 26.2 Å². The van der Waals surface area contributed by atoms with E-state index >= 15 is 0 Å². The lowest BCUT2D eigenvalue weighted by Gasteiger charge is -2.19. The Morgan fingerprint density at radius 1 is 1.47 bits per heavy atom. The zero-order valence-corrected chi connectivity index (χ0v) is 12.1. The van der Waals surface area contributed by atoms with Crippen molar-refractivity contribution in [2.45, 2.75) is 27.2 Å². The Hall–Kier alpha value is -1.42. The number of rotatable bonds is 4. The minimum Gasteiger partial charge on any atom is -0.351 e. The van der Waals surface area contributed by atoms with E-state index in [9.17, 15) is 4.79 Å². The Kier molecular flexibility index (Phi) is 4.20. The molecule has 1 aliphatic rings. The van der Waals surface area contributed by atoms with Crippen molar-refractivity contribution < 1.29 is 4.79 Å². The van der Waals surface area contributed by atoms with Gasteiger partial charge in [-0.3, -0.25) is 9.78 Å². The predicted molar refractivity (Wildman–Crippen MR) is 76.1 cm³/mol. The lowest BCUT2D eigenvalue weighted by atomic mass is 9.93. The molecule has 1 aliphatic heterocycles. The van der Waals surface area contributed by atoms with E-state index in [1.54, 1.807) is 6.20 Å². The standard InChI is InChI=1S/C15H23N3O/c1-12-4-5-13(10-17-12)14(19)16-7-9-18-8-6-15(2,3)11-18/h4-5,10H,6-9,11H2,1-3H3,(H,16,19). The van der Waals surface area contributed by atoms with Crippen molar-refractivity contribution in [3.8, 4) is 0 Å². The lowest BCUT2D eigenvalue weighted by Crippen LogP contribution is -2.34. The number of aryl methyl sites for hydroxylation is 1. The second-order valence-corrected chi connectivity index (χ2v) is 6.13. The van der Waals surface area contributed by atoms with Gasteiger partial charge >= 0.3 is 0 Å². The molecule has 0 atom stereocenters. The molecule has 0 aliphatic carbocycles. The van der Waals surface area contributed by atoms with Crippen molar-refractivity contribution >= 4 is 5.91 Å². The molecule has 0 spiro atoms. The minimum absolute atomic E-state index is 0.0362. The molecule has 2 heterocycles. The molecule has 1 fully saturated rings. The summed E-state index contributed by atoms with van der Waals surface area (Å²) >= 11 is 0. The molecule has 4 heteroatoms. The molecule has 4 nitrogen and oxygen atoms in total. The van der Waals surface area contributed by atoms with E-state index in [1.807, 2.05) is 19.1 Å². The largest absolute Gasteiger partial charge is 0.351 e. The van der Waals surface area contributed by atoms with Crippen molar-refractivity contribution in [3.05, 3.63) is 29.6 Å². The number of hydrogen-bond donors (Lipinski definition) is 1. The second-order valence-electron chi connectivity index (χ2n) is 6.13. The average molecular weight is 261 g/mol. The van der Waals surface area contributed by atoms with Crippen LogP contribution in [0.15, 0.2) is 18.3 Å². The van der Waals surface area contributed by atoms with Gasteiger partial charge in [-0.15, -0.1) is 0 Å². The van der Waals surface area contributed by atoms with Gasteiger partial charge < -0.3 is 10.2 Å². The average Bonchev–Trinajstić information content (AvgIpc) is 2.69. The van der Waals surface area contributed by atoms with Crippen LogP contribution in [0.3, 0.4) is 0 Å². The Labute approximate surface area is 115 Å². The first-order valence-corrected chi connectivity index (χ1v) is 6.89. The van der Waals surface area contributed by atoms with Crippen LogP contribution in [0.5, 0.6) is 0 Å². The van der Waals surface area contributed by atoms with Crippen LogP contribution in [-0.4, -0.2) is 42.0 Å². The lowest BCUT2D eigenvalue weighted by molar-refractivity contribution is 0.0949. The van der Waals surface area contributed by atoms with Crippen LogP contribution < -0.4 is 5.32 Å². The van der Waals surface area contributed by atoms with Crippen molar-refractivity contribution in [1.82, 2.24) is 15.2 Å². The molecule has 1 N–H and O–H groups in total. The highest BCUT2D eigenvalue weighted by molar-refractivity contribution is 5.93. The fourth-order valence-electron chi connectivity index (χ4n) is 2.45. The number of nitrogens with one attached hydrogen (secondary N) is 1. The highest BCUT2D eigenvalue weighted by atomic mass is 16.1. The number of carbonyl (C=O) groups is 1. The quantitative estimate of drug-likeness (QED) is 0.899. The van der Waals surface area contributed by atoms with Gasteiger partial charge in [0.1, 0.15) is 0 Å². The first kappa shape index (κ1) is 14.0. The van der Waals surface area contributed by atoms with Crippen LogP contribution >= 0.6 is 0 Å². The highest BCUT2D eigenvalue weighted by Crippen LogP contribution is 2.28. The Morgan fingerprint density at radius 2 is 2.26 bits per heavy atom. The molecule has 1 aromatic heterocycles. The van der Waals surface area contributed by atoms with E-state index in [0.717, 1.165) is 25.3 Å². The number of pyridine rings is 1. The number of carbonyl (C=O) groups excluding carboxylic acids is 1. The van der Waals surface area contributed by atoms with Gasteiger partial charge in [-0.25, -0.2) is 0 Å². The van der Waals surface area contributed by atoms with Crippen molar-refractivity contribution in [3.63, 3.8) is 0 Å². The van der Waals surface area contributed by atoms with Gasteiger partial charge in [-0.05, 0) is 37.4 Å². The number of likely N-dealkylation sites (tertiary alicyclic amines) is 1. The summed E-state index contributed by atoms with van der Waals surface area (Å²) < 4.78 is 0. The molecule has 0 bridgehead atoms. The molecule has 0 radical (unpaired) electrons. The summed E-state index contributed by atoms with van der Waals surface area (Å²) in [4.78, 5) is 18.4. The normalized spacial score (nSPS) is 18.5. The van der Waals surface area contributed by atoms with Gasteiger partial charge in [-0.2, -0.15) is 0 Å². The third kappa shape index (κ3) is 4.03. The van der Waals surface area contributed by atoms with Gasteiger partial charge in [0.2, 0.25) is 0 Å². The molecule has 1 aromatic rings. The van der Waals surface area contributed by atoms with Crippen LogP contribution in [0.2, 0.25) is 0 Å². The fourth-order valence-corrected chi connectivity index (χ4v) is 2.45. The molecular formula is C15H23N3O. The van der Waals surface area contributed by atoms with Gasteiger partial charge in [0.25, 0.3) is 5.91 Å². The molecule has 104 valence electrons. The van der Waals surface area contributed by atoms with Crippen LogP contribution in [0.4, 0.5) is 0 Å². The summed E-state index contributed by atoms with van der Waals surface area (Å²) in [7, 11) is 0. The second kappa shape index (κ2) is 5.70. The third-order valence-electron chi connectivity index (χ3n) is 3.64. The molecule has 2 rings (SSSR count). The Morgan fingerprint density at radius 3 is 2.84 bits per heavy atom. The first-order valence-electron chi connectivity index (χ1n) is 6.89. The maximum absolute atomic E-state index is 11.9. The van der Waals surface area contributed by atoms with Gasteiger partial charge in [0.05, 0.1) is 5.56 Å². The summed E-state index contributed by atoms with van der Waals surface area (Å²) in [5, 5.41) is 2.95. The van der Waals surface area contributed by atoms with Crippen LogP contribution in [0.1, 0.15) is 36.3 Å². The third-order valence-corrected chi connectivity index (χ3v) is 3.64. The van der Waals surface area contributed by atoms with E-state index in [0.29, 0.717) is 17.5 Å². The molecule has 1 saturated heterocycles. The highest BCUT2D eigenvalue weighted by Gasteiger charge is 2.28. The van der Waals surface area contributed by atoms with Gasteiger partial charge in [0, 0.05) is 31.5 Å². The molecule has 0 aromatic carbocycles. The molecule has 0 saturated carbocycles. The van der Waals surface area contributed by atoms with Gasteiger partial charge in [0.15, 0.2) is 0 Å². The summed E-state index contributed by atoms with van der Waals surface area (Å²) in [5.41, 5.74) is 1.98. The van der Waals surface area contributed by atoms with Crippen molar-refractivity contribution in [2.24, 2.45) is 5.41 Å². The number of amides is 1. The number of hydrogen-bond acceptors (Lipinski definition) is 3. The van der Waals surface area contributed by atoms with E-state index in [4.69, 9.17) is 0 Å². The van der Waals surface area contributed by atoms with E-state index in [2.05, 4.69) is 29.0 Å². The predicted octanol–water partition coefficient (Wildman–Crippen LogP) is 1.85. The summed E-state index contributed by atoms with van der Waals surface area (Å²) in [6.45, 7) is 10.4. The summed E-state index contributed by atoms with van der Waals surface area (Å²) in [5.74, 6) is -0.0362. The van der Waals surface area contributed by atoms with Crippen LogP contribution in [0, 0.1) is 12.3 Å². The molecular weight excluding hydrogens is 238 g/mol. The number of aromatic nitrogens is 1.